The van der Waals surface area contributed by atoms with E-state index in [2.05, 4.69) is 5.32 Å². The minimum absolute atomic E-state index is 0.0768. The van der Waals surface area contributed by atoms with Crippen LogP contribution in [0.4, 0.5) is 11.4 Å². The second-order valence-electron chi connectivity index (χ2n) is 5.88. The molecule has 0 saturated heterocycles. The van der Waals surface area contributed by atoms with Gasteiger partial charge in [0.25, 0.3) is 17.5 Å². The van der Waals surface area contributed by atoms with Gasteiger partial charge in [-0.2, -0.15) is 0 Å². The van der Waals surface area contributed by atoms with Crippen LogP contribution in [-0.4, -0.2) is 34.1 Å². The third-order valence-electron chi connectivity index (χ3n) is 4.06. The van der Waals surface area contributed by atoms with E-state index >= 15 is 0 Å². The van der Waals surface area contributed by atoms with E-state index in [4.69, 9.17) is 0 Å². The van der Waals surface area contributed by atoms with Gasteiger partial charge in [0.05, 0.1) is 16.1 Å². The summed E-state index contributed by atoms with van der Waals surface area (Å²) >= 11 is 0. The predicted octanol–water partition coefficient (Wildman–Crippen LogP) is 2.53. The van der Waals surface area contributed by atoms with Crippen LogP contribution in [-0.2, 0) is 4.79 Å². The number of carbonyl (C=O) groups is 3. The monoisotopic (exact) mass is 353 g/mol. The minimum atomic E-state index is -0.577. The van der Waals surface area contributed by atoms with E-state index < -0.39 is 22.6 Å². The first-order chi connectivity index (χ1) is 12.4. The van der Waals surface area contributed by atoms with Crippen LogP contribution >= 0.6 is 0 Å². The maximum atomic E-state index is 12.2. The van der Waals surface area contributed by atoms with Crippen molar-refractivity contribution in [1.29, 1.82) is 0 Å². The second-order valence-corrected chi connectivity index (χ2v) is 5.88. The number of amides is 3. The molecule has 132 valence electrons. The molecule has 0 spiro atoms. The number of benzene rings is 2. The lowest BCUT2D eigenvalue weighted by Gasteiger charge is -2.13. The maximum absolute atomic E-state index is 12.2. The summed E-state index contributed by atoms with van der Waals surface area (Å²) < 4.78 is 0. The molecule has 8 heteroatoms. The zero-order valence-electron chi connectivity index (χ0n) is 13.9. The number of nitro groups is 1. The quantitative estimate of drug-likeness (QED) is 0.504. The van der Waals surface area contributed by atoms with Crippen LogP contribution in [0.5, 0.6) is 0 Å². The van der Waals surface area contributed by atoms with Crippen molar-refractivity contribution in [1.82, 2.24) is 4.90 Å². The summed E-state index contributed by atoms with van der Waals surface area (Å²) in [5, 5.41) is 13.6. The lowest BCUT2D eigenvalue weighted by Crippen LogP contribution is -2.32. The molecule has 3 amide bonds. The molecule has 2 aromatic carbocycles. The topological polar surface area (TPSA) is 110 Å². The summed E-state index contributed by atoms with van der Waals surface area (Å²) in [7, 11) is 0. The highest BCUT2D eigenvalue weighted by molar-refractivity contribution is 6.21. The van der Waals surface area contributed by atoms with Crippen molar-refractivity contribution in [3.05, 3.63) is 69.3 Å². The van der Waals surface area contributed by atoms with Crippen molar-refractivity contribution in [2.75, 3.05) is 11.9 Å². The molecule has 8 nitrogen and oxygen atoms in total. The van der Waals surface area contributed by atoms with Gasteiger partial charge < -0.3 is 5.32 Å². The molecular formula is C18H15N3O5. The van der Waals surface area contributed by atoms with E-state index in [1.807, 2.05) is 0 Å². The lowest BCUT2D eigenvalue weighted by molar-refractivity contribution is -0.384. The van der Waals surface area contributed by atoms with Gasteiger partial charge in [0.1, 0.15) is 5.69 Å². The average molecular weight is 353 g/mol. The summed E-state index contributed by atoms with van der Waals surface area (Å²) in [5.41, 5.74) is 1.19. The third-order valence-corrected chi connectivity index (χ3v) is 4.06. The molecule has 3 rings (SSSR count). The Hall–Kier alpha value is -3.55. The molecule has 0 fully saturated rings. The fraction of sp³-hybridized carbons (Fsp3) is 0.167. The van der Waals surface area contributed by atoms with E-state index in [1.165, 1.54) is 12.1 Å². The van der Waals surface area contributed by atoms with Crippen LogP contribution in [0.1, 0.15) is 32.7 Å². The Labute approximate surface area is 148 Å². The first-order valence-electron chi connectivity index (χ1n) is 7.88. The number of carbonyl (C=O) groups excluding carboxylic acids is 3. The van der Waals surface area contributed by atoms with E-state index in [1.54, 1.807) is 37.3 Å². The Bertz CT molecular complexity index is 903. The highest BCUT2D eigenvalue weighted by Gasteiger charge is 2.35. The van der Waals surface area contributed by atoms with Gasteiger partial charge in [-0.25, -0.2) is 0 Å². The molecule has 26 heavy (non-hydrogen) atoms. The van der Waals surface area contributed by atoms with Crippen molar-refractivity contribution < 1.29 is 19.3 Å². The standard InChI is InChI=1S/C18H15N3O5/c1-11-6-7-14(15(10-11)21(25)26)19-16(22)8-9-20-17(23)12-4-2-3-5-13(12)18(20)24/h2-7,10H,8-9H2,1H3,(H,19,22). The van der Waals surface area contributed by atoms with Crippen molar-refractivity contribution in [3.8, 4) is 0 Å². The summed E-state index contributed by atoms with van der Waals surface area (Å²) in [6.07, 6.45) is -0.156. The Morgan fingerprint density at radius 1 is 1.12 bits per heavy atom. The second kappa shape index (κ2) is 6.75. The van der Waals surface area contributed by atoms with E-state index in [0.29, 0.717) is 16.7 Å². The Kier molecular flexibility index (Phi) is 4.49. The van der Waals surface area contributed by atoms with Gasteiger partial charge in [-0.1, -0.05) is 18.2 Å². The van der Waals surface area contributed by atoms with E-state index in [-0.39, 0.29) is 24.3 Å². The van der Waals surface area contributed by atoms with Gasteiger partial charge >= 0.3 is 0 Å². The van der Waals surface area contributed by atoms with Crippen LogP contribution in [0.25, 0.3) is 0 Å². The molecule has 0 unspecified atom stereocenters. The molecule has 0 bridgehead atoms. The van der Waals surface area contributed by atoms with Gasteiger partial charge in [-0.15, -0.1) is 0 Å². The normalized spacial score (nSPS) is 12.9. The molecule has 2 aromatic rings. The number of imide groups is 1. The molecule has 0 aliphatic carbocycles. The molecule has 1 heterocycles. The largest absolute Gasteiger partial charge is 0.320 e. The number of nitrogens with one attached hydrogen (secondary N) is 1. The van der Waals surface area contributed by atoms with Gasteiger partial charge in [-0.05, 0) is 30.7 Å². The Balaban J connectivity index is 1.67. The number of nitro benzene ring substituents is 1. The molecule has 0 radical (unpaired) electrons. The number of hydrogen-bond acceptors (Lipinski definition) is 5. The van der Waals surface area contributed by atoms with Gasteiger partial charge in [0.15, 0.2) is 0 Å². The van der Waals surface area contributed by atoms with Crippen LogP contribution < -0.4 is 5.32 Å². The third kappa shape index (κ3) is 3.16. The van der Waals surface area contributed by atoms with Gasteiger partial charge in [0.2, 0.25) is 5.91 Å². The molecule has 1 aliphatic rings. The zero-order valence-corrected chi connectivity index (χ0v) is 13.9. The molecule has 0 atom stereocenters. The lowest BCUT2D eigenvalue weighted by atomic mass is 10.1. The summed E-state index contributed by atoms with van der Waals surface area (Å²) in [6.45, 7) is 1.61. The van der Waals surface area contributed by atoms with Crippen LogP contribution in [0.15, 0.2) is 42.5 Å². The number of anilines is 1. The molecule has 0 aromatic heterocycles. The fourth-order valence-corrected chi connectivity index (χ4v) is 2.77. The maximum Gasteiger partial charge on any atom is 0.293 e. The van der Waals surface area contributed by atoms with Gasteiger partial charge in [-0.3, -0.25) is 29.4 Å². The van der Waals surface area contributed by atoms with Crippen LogP contribution in [0.2, 0.25) is 0 Å². The SMILES string of the molecule is Cc1ccc(NC(=O)CCN2C(=O)c3ccccc3C2=O)c([N+](=O)[O-])c1. The summed E-state index contributed by atoms with van der Waals surface area (Å²) in [4.78, 5) is 48.1. The predicted molar refractivity (Wildman–Crippen MR) is 92.9 cm³/mol. The molecular weight excluding hydrogens is 338 g/mol. The van der Waals surface area contributed by atoms with E-state index in [0.717, 1.165) is 4.90 Å². The van der Waals surface area contributed by atoms with Crippen molar-refractivity contribution >= 4 is 29.1 Å². The fourth-order valence-electron chi connectivity index (χ4n) is 2.77. The number of rotatable bonds is 5. The van der Waals surface area contributed by atoms with Crippen molar-refractivity contribution in [2.45, 2.75) is 13.3 Å². The molecule has 1 aliphatic heterocycles. The Morgan fingerprint density at radius 3 is 2.31 bits per heavy atom. The summed E-state index contributed by atoms with van der Waals surface area (Å²) in [6, 6.07) is 10.9. The number of hydrogen-bond donors (Lipinski definition) is 1. The average Bonchev–Trinajstić information content (AvgIpc) is 2.86. The smallest absolute Gasteiger partial charge is 0.293 e. The molecule has 0 saturated carbocycles. The highest BCUT2D eigenvalue weighted by Crippen LogP contribution is 2.26. The number of aryl methyl sites for hydroxylation is 1. The zero-order chi connectivity index (χ0) is 18.8. The number of nitrogens with zero attached hydrogens (tertiary/aromatic N) is 2. The van der Waals surface area contributed by atoms with Crippen molar-refractivity contribution in [3.63, 3.8) is 0 Å². The Morgan fingerprint density at radius 2 is 1.73 bits per heavy atom. The number of fused-ring (bicyclic) bond motifs is 1. The first kappa shape index (κ1) is 17.3. The van der Waals surface area contributed by atoms with Gasteiger partial charge in [0, 0.05) is 19.0 Å². The van der Waals surface area contributed by atoms with Crippen LogP contribution in [0.3, 0.4) is 0 Å². The molecule has 1 N–H and O–H groups in total. The summed E-state index contributed by atoms with van der Waals surface area (Å²) in [5.74, 6) is -1.41. The highest BCUT2D eigenvalue weighted by atomic mass is 16.6. The minimum Gasteiger partial charge on any atom is -0.320 e. The van der Waals surface area contributed by atoms with Crippen molar-refractivity contribution in [2.24, 2.45) is 0 Å². The van der Waals surface area contributed by atoms with Crippen LogP contribution in [0, 0.1) is 17.0 Å². The first-order valence-corrected chi connectivity index (χ1v) is 7.88. The van der Waals surface area contributed by atoms with E-state index in [9.17, 15) is 24.5 Å².